The fourth-order valence-corrected chi connectivity index (χ4v) is 2.93. The highest BCUT2D eigenvalue weighted by Gasteiger charge is 2.47. The highest BCUT2D eigenvalue weighted by molar-refractivity contribution is 5.01. The number of hydrogen-bond acceptors (Lipinski definition) is 2. The molecule has 1 aliphatic heterocycles. The third-order valence-corrected chi connectivity index (χ3v) is 3.48. The average Bonchev–Trinajstić information content (AvgIpc) is 2.59. The number of fused-ring (bicyclic) bond motifs is 2. The van der Waals surface area contributed by atoms with Gasteiger partial charge < -0.3 is 4.74 Å². The van der Waals surface area contributed by atoms with Crippen LogP contribution in [0.25, 0.3) is 0 Å². The van der Waals surface area contributed by atoms with Gasteiger partial charge in [-0.2, -0.15) is 0 Å². The molecule has 1 heterocycles. The van der Waals surface area contributed by atoms with Crippen LogP contribution in [0.4, 0.5) is 0 Å². The summed E-state index contributed by atoms with van der Waals surface area (Å²) in [6.07, 6.45) is 3.26. The fourth-order valence-electron chi connectivity index (χ4n) is 2.93. The number of hydrogen-bond donors (Lipinski definition) is 0. The molecule has 0 spiro atoms. The summed E-state index contributed by atoms with van der Waals surface area (Å²) in [5.74, 6) is 0.822. The van der Waals surface area contributed by atoms with Gasteiger partial charge in [0.2, 0.25) is 0 Å². The average molecular weight is 169 g/mol. The van der Waals surface area contributed by atoms with E-state index in [1.807, 2.05) is 7.11 Å². The van der Waals surface area contributed by atoms with Crippen LogP contribution in [0.2, 0.25) is 0 Å². The summed E-state index contributed by atoms with van der Waals surface area (Å²) in [6.45, 7) is 5.84. The minimum absolute atomic E-state index is 0.535. The summed E-state index contributed by atoms with van der Waals surface area (Å²) in [4.78, 5) is 2.60. The first-order valence-electron chi connectivity index (χ1n) is 5.02. The zero-order chi connectivity index (χ0) is 8.72. The van der Waals surface area contributed by atoms with Crippen LogP contribution >= 0.6 is 0 Å². The van der Waals surface area contributed by atoms with E-state index in [2.05, 4.69) is 18.7 Å². The van der Waals surface area contributed by atoms with Crippen molar-refractivity contribution in [1.82, 2.24) is 4.90 Å². The molecule has 0 aromatic rings. The topological polar surface area (TPSA) is 12.5 Å². The fraction of sp³-hybridized carbons (Fsp3) is 1.00. The van der Waals surface area contributed by atoms with Crippen LogP contribution < -0.4 is 0 Å². The number of rotatable bonds is 2. The molecule has 12 heavy (non-hydrogen) atoms. The van der Waals surface area contributed by atoms with Crippen molar-refractivity contribution in [3.05, 3.63) is 0 Å². The van der Waals surface area contributed by atoms with Gasteiger partial charge in [0.15, 0.2) is 0 Å². The lowest BCUT2D eigenvalue weighted by Crippen LogP contribution is -2.39. The van der Waals surface area contributed by atoms with Gasteiger partial charge >= 0.3 is 0 Å². The van der Waals surface area contributed by atoms with E-state index in [-0.39, 0.29) is 0 Å². The lowest BCUT2D eigenvalue weighted by molar-refractivity contribution is 0.0632. The lowest BCUT2D eigenvalue weighted by atomic mass is 10.1. The summed E-state index contributed by atoms with van der Waals surface area (Å²) in [6, 6.07) is 1.41. The molecule has 2 nitrogen and oxygen atoms in total. The molecule has 0 amide bonds. The second kappa shape index (κ2) is 3.00. The number of ether oxygens (including phenoxy) is 1. The molecule has 1 saturated heterocycles. The SMILES string of the molecule is COC1C2CCC1N(C(C)C)C2. The van der Waals surface area contributed by atoms with E-state index in [1.165, 1.54) is 19.4 Å². The van der Waals surface area contributed by atoms with Gasteiger partial charge in [0.25, 0.3) is 0 Å². The summed E-state index contributed by atoms with van der Waals surface area (Å²) in [5.41, 5.74) is 0. The van der Waals surface area contributed by atoms with E-state index < -0.39 is 0 Å². The van der Waals surface area contributed by atoms with Gasteiger partial charge in [0.05, 0.1) is 6.10 Å². The van der Waals surface area contributed by atoms with Crippen molar-refractivity contribution < 1.29 is 4.74 Å². The third-order valence-electron chi connectivity index (χ3n) is 3.48. The van der Waals surface area contributed by atoms with Gasteiger partial charge in [-0.05, 0) is 32.6 Å². The zero-order valence-corrected chi connectivity index (χ0v) is 8.29. The molecule has 0 radical (unpaired) electrons. The Morgan fingerprint density at radius 2 is 2.08 bits per heavy atom. The smallest absolute Gasteiger partial charge is 0.0766 e. The highest BCUT2D eigenvalue weighted by atomic mass is 16.5. The number of nitrogens with zero attached hydrogens (tertiary/aromatic N) is 1. The second-order valence-electron chi connectivity index (χ2n) is 4.40. The Kier molecular flexibility index (Phi) is 2.13. The summed E-state index contributed by atoms with van der Waals surface area (Å²) in [7, 11) is 1.86. The van der Waals surface area contributed by atoms with Gasteiger partial charge in [-0.3, -0.25) is 4.90 Å². The molecule has 2 heteroatoms. The molecule has 1 aliphatic carbocycles. The lowest BCUT2D eigenvalue weighted by Gasteiger charge is -2.30. The van der Waals surface area contributed by atoms with Gasteiger partial charge in [-0.1, -0.05) is 0 Å². The number of likely N-dealkylation sites (tertiary alicyclic amines) is 1. The zero-order valence-electron chi connectivity index (χ0n) is 8.29. The summed E-state index contributed by atoms with van der Waals surface area (Å²) < 4.78 is 5.54. The molecule has 2 fully saturated rings. The quantitative estimate of drug-likeness (QED) is 0.621. The number of piperidine rings is 1. The molecule has 0 aromatic heterocycles. The van der Waals surface area contributed by atoms with Crippen molar-refractivity contribution in [2.24, 2.45) is 5.92 Å². The van der Waals surface area contributed by atoms with Crippen molar-refractivity contribution in [3.63, 3.8) is 0 Å². The highest BCUT2D eigenvalue weighted by Crippen LogP contribution is 2.40. The largest absolute Gasteiger partial charge is 0.379 e. The molecule has 2 bridgehead atoms. The van der Waals surface area contributed by atoms with E-state index in [0.717, 1.165) is 12.0 Å². The predicted octanol–water partition coefficient (Wildman–Crippen LogP) is 1.50. The molecular formula is C10H19NO. The molecule has 3 atom stereocenters. The summed E-state index contributed by atoms with van der Waals surface area (Å²) in [5, 5.41) is 0. The van der Waals surface area contributed by atoms with E-state index in [1.54, 1.807) is 0 Å². The Morgan fingerprint density at radius 3 is 2.50 bits per heavy atom. The van der Waals surface area contributed by atoms with Crippen molar-refractivity contribution in [2.75, 3.05) is 13.7 Å². The Morgan fingerprint density at radius 1 is 1.33 bits per heavy atom. The number of methoxy groups -OCH3 is 1. The van der Waals surface area contributed by atoms with Crippen molar-refractivity contribution in [1.29, 1.82) is 0 Å². The van der Waals surface area contributed by atoms with Crippen LogP contribution in [0.1, 0.15) is 26.7 Å². The van der Waals surface area contributed by atoms with E-state index in [0.29, 0.717) is 12.1 Å². The Balaban J connectivity index is 2.07. The minimum Gasteiger partial charge on any atom is -0.379 e. The Hall–Kier alpha value is -0.0800. The van der Waals surface area contributed by atoms with Crippen LogP contribution in [-0.4, -0.2) is 36.7 Å². The maximum absolute atomic E-state index is 5.54. The maximum atomic E-state index is 5.54. The molecule has 0 aromatic carbocycles. The van der Waals surface area contributed by atoms with Crippen molar-refractivity contribution >= 4 is 0 Å². The molecule has 70 valence electrons. The van der Waals surface area contributed by atoms with Crippen molar-refractivity contribution in [3.8, 4) is 0 Å². The molecule has 3 unspecified atom stereocenters. The Labute approximate surface area is 74.9 Å². The van der Waals surface area contributed by atoms with Crippen molar-refractivity contribution in [2.45, 2.75) is 44.9 Å². The standard InChI is InChI=1S/C10H19NO/c1-7(2)11-6-8-4-5-9(11)10(8)12-3/h7-10H,4-6H2,1-3H3. The monoisotopic (exact) mass is 169 g/mol. The van der Waals surface area contributed by atoms with Crippen LogP contribution in [0.3, 0.4) is 0 Å². The van der Waals surface area contributed by atoms with Crippen LogP contribution in [-0.2, 0) is 4.74 Å². The normalized spacial score (nSPS) is 41.5. The van der Waals surface area contributed by atoms with E-state index in [4.69, 9.17) is 4.74 Å². The first kappa shape index (κ1) is 8.52. The van der Waals surface area contributed by atoms with Crippen LogP contribution in [0.15, 0.2) is 0 Å². The predicted molar refractivity (Wildman–Crippen MR) is 49.2 cm³/mol. The van der Waals surface area contributed by atoms with Crippen LogP contribution in [0.5, 0.6) is 0 Å². The van der Waals surface area contributed by atoms with Gasteiger partial charge in [-0.15, -0.1) is 0 Å². The minimum atomic E-state index is 0.535. The van der Waals surface area contributed by atoms with Gasteiger partial charge in [0, 0.05) is 25.7 Å². The first-order valence-corrected chi connectivity index (χ1v) is 5.02. The van der Waals surface area contributed by atoms with Gasteiger partial charge in [0.1, 0.15) is 0 Å². The molecular weight excluding hydrogens is 150 g/mol. The molecule has 2 rings (SSSR count). The third kappa shape index (κ3) is 1.09. The van der Waals surface area contributed by atoms with E-state index >= 15 is 0 Å². The first-order chi connectivity index (χ1) is 5.74. The summed E-state index contributed by atoms with van der Waals surface area (Å²) >= 11 is 0. The van der Waals surface area contributed by atoms with Gasteiger partial charge in [-0.25, -0.2) is 0 Å². The van der Waals surface area contributed by atoms with Crippen LogP contribution in [0, 0.1) is 5.92 Å². The molecule has 2 aliphatic rings. The van der Waals surface area contributed by atoms with E-state index in [9.17, 15) is 0 Å². The molecule has 1 saturated carbocycles. The Bertz CT molecular complexity index is 169. The molecule has 0 N–H and O–H groups in total. The second-order valence-corrected chi connectivity index (χ2v) is 4.40. The maximum Gasteiger partial charge on any atom is 0.0766 e.